The lowest BCUT2D eigenvalue weighted by atomic mass is 10.1. The highest BCUT2D eigenvalue weighted by Gasteiger charge is 2.22. The fourth-order valence-corrected chi connectivity index (χ4v) is 3.92. The first-order valence-corrected chi connectivity index (χ1v) is 11.9. The molecule has 0 bridgehead atoms. The maximum Gasteiger partial charge on any atom is 0.328 e. The summed E-state index contributed by atoms with van der Waals surface area (Å²) in [6.45, 7) is -0.754. The Bertz CT molecular complexity index is 1600. The van der Waals surface area contributed by atoms with E-state index in [1.807, 2.05) is 72.8 Å². The number of carbonyl (C=O) groups is 2. The number of rotatable bonds is 8. The number of hydrogen-bond donors (Lipinski definition) is 3. The molecule has 0 saturated heterocycles. The number of aliphatic carboxylic acids is 1. The Hall–Kier alpha value is -4.73. The number of aromatic nitrogens is 3. The molecule has 0 spiro atoms. The van der Waals surface area contributed by atoms with Gasteiger partial charge >= 0.3 is 5.97 Å². The van der Waals surface area contributed by atoms with E-state index in [1.165, 1.54) is 10.6 Å². The number of aliphatic hydroxyl groups excluding tert-OH is 1. The topological polar surface area (TPSA) is 126 Å². The Labute approximate surface area is 221 Å². The fraction of sp³-hybridized carbons (Fsp3) is 0.0714. The molecule has 0 aliphatic rings. The van der Waals surface area contributed by atoms with Crippen LogP contribution in [-0.4, -0.2) is 49.3 Å². The molecular formula is C28H21ClN4O5. The molecule has 0 fully saturated rings. The number of fused-ring (bicyclic) bond motifs is 1. The molecule has 1 amide bonds. The Morgan fingerprint density at radius 2 is 1.58 bits per heavy atom. The highest BCUT2D eigenvalue weighted by atomic mass is 35.5. The standard InChI is InChI=1S/C28H21ClN4O5/c29-19-10-6-17(7-11-19)22-14-25(18-8-12-21(13-9-18)38-20-4-2-1-3-5-20)33-26(30-22)15-23(32-33)27(35)31-24(16-34)28(36)37/h1-15,24,34H,16H2,(H,31,35)(H,36,37)/t24-/m0/s1. The summed E-state index contributed by atoms with van der Waals surface area (Å²) in [5.74, 6) is -0.747. The molecule has 9 nitrogen and oxygen atoms in total. The Kier molecular flexibility index (Phi) is 7.03. The number of ether oxygens (including phenoxy) is 1. The first kappa shape index (κ1) is 24.9. The molecule has 5 aromatic rings. The third-order valence-corrected chi connectivity index (χ3v) is 5.97. The Morgan fingerprint density at radius 1 is 0.921 bits per heavy atom. The third-order valence-electron chi connectivity index (χ3n) is 5.71. The fourth-order valence-electron chi connectivity index (χ4n) is 3.80. The Morgan fingerprint density at radius 3 is 2.24 bits per heavy atom. The van der Waals surface area contributed by atoms with E-state index in [0.717, 1.165) is 11.1 Å². The van der Waals surface area contributed by atoms with Gasteiger partial charge in [0.2, 0.25) is 0 Å². The summed E-state index contributed by atoms with van der Waals surface area (Å²) >= 11 is 6.06. The van der Waals surface area contributed by atoms with Crippen molar-refractivity contribution >= 4 is 29.1 Å². The monoisotopic (exact) mass is 528 g/mol. The van der Waals surface area contributed by atoms with E-state index < -0.39 is 24.5 Å². The van der Waals surface area contributed by atoms with Gasteiger partial charge in [0, 0.05) is 22.2 Å². The molecule has 0 aliphatic heterocycles. The number of para-hydroxylation sites is 1. The van der Waals surface area contributed by atoms with E-state index in [4.69, 9.17) is 21.4 Å². The number of amides is 1. The van der Waals surface area contributed by atoms with E-state index in [1.54, 1.807) is 12.1 Å². The number of carboxylic acids is 1. The number of carbonyl (C=O) groups excluding carboxylic acids is 1. The first-order chi connectivity index (χ1) is 18.4. The molecule has 0 saturated carbocycles. The number of hydrogen-bond acceptors (Lipinski definition) is 6. The molecule has 5 rings (SSSR count). The molecule has 3 N–H and O–H groups in total. The summed E-state index contributed by atoms with van der Waals surface area (Å²) in [7, 11) is 0. The molecule has 2 heterocycles. The van der Waals surface area contributed by atoms with E-state index in [9.17, 15) is 14.7 Å². The van der Waals surface area contributed by atoms with Crippen LogP contribution in [0, 0.1) is 0 Å². The van der Waals surface area contributed by atoms with Crippen molar-refractivity contribution < 1.29 is 24.5 Å². The van der Waals surface area contributed by atoms with Gasteiger partial charge in [-0.2, -0.15) is 5.10 Å². The zero-order chi connectivity index (χ0) is 26.6. The molecule has 0 aliphatic carbocycles. The minimum atomic E-state index is -1.46. The van der Waals surface area contributed by atoms with Crippen LogP contribution in [0.15, 0.2) is 91.0 Å². The number of aliphatic hydroxyl groups is 1. The molecule has 0 unspecified atom stereocenters. The van der Waals surface area contributed by atoms with Crippen LogP contribution < -0.4 is 10.1 Å². The molecule has 3 aromatic carbocycles. The van der Waals surface area contributed by atoms with Gasteiger partial charge < -0.3 is 20.3 Å². The predicted molar refractivity (Wildman–Crippen MR) is 141 cm³/mol. The number of halogens is 1. The lowest BCUT2D eigenvalue weighted by molar-refractivity contribution is -0.140. The van der Waals surface area contributed by atoms with Gasteiger partial charge in [-0.1, -0.05) is 41.9 Å². The van der Waals surface area contributed by atoms with Crippen LogP contribution in [0.25, 0.3) is 28.2 Å². The van der Waals surface area contributed by atoms with Crippen LogP contribution in [-0.2, 0) is 4.79 Å². The zero-order valence-corrected chi connectivity index (χ0v) is 20.5. The van der Waals surface area contributed by atoms with Crippen LogP contribution in [0.1, 0.15) is 10.5 Å². The normalized spacial score (nSPS) is 11.7. The van der Waals surface area contributed by atoms with Gasteiger partial charge in [0.1, 0.15) is 11.5 Å². The smallest absolute Gasteiger partial charge is 0.328 e. The van der Waals surface area contributed by atoms with Crippen LogP contribution >= 0.6 is 11.6 Å². The third kappa shape index (κ3) is 5.34. The molecule has 2 aromatic heterocycles. The second kappa shape index (κ2) is 10.7. The van der Waals surface area contributed by atoms with Gasteiger partial charge in [0.25, 0.3) is 5.91 Å². The summed E-state index contributed by atoms with van der Waals surface area (Å²) in [5.41, 5.74) is 3.18. The van der Waals surface area contributed by atoms with E-state index in [-0.39, 0.29) is 5.69 Å². The van der Waals surface area contributed by atoms with Crippen molar-refractivity contribution in [3.8, 4) is 34.0 Å². The van der Waals surface area contributed by atoms with Crippen LogP contribution in [0.2, 0.25) is 5.02 Å². The molecule has 1 atom stereocenters. The van der Waals surface area contributed by atoms with Crippen molar-refractivity contribution in [3.63, 3.8) is 0 Å². The minimum absolute atomic E-state index is 0.0456. The maximum atomic E-state index is 12.7. The van der Waals surface area contributed by atoms with Gasteiger partial charge in [-0.3, -0.25) is 4.79 Å². The van der Waals surface area contributed by atoms with Crippen LogP contribution in [0.4, 0.5) is 0 Å². The van der Waals surface area contributed by atoms with Crippen molar-refractivity contribution in [2.45, 2.75) is 6.04 Å². The van der Waals surface area contributed by atoms with Crippen LogP contribution in [0.5, 0.6) is 11.5 Å². The number of nitrogens with zero attached hydrogens (tertiary/aromatic N) is 3. The Balaban J connectivity index is 1.56. The summed E-state index contributed by atoms with van der Waals surface area (Å²) in [4.78, 5) is 28.6. The maximum absolute atomic E-state index is 12.7. The quantitative estimate of drug-likeness (QED) is 0.267. The first-order valence-electron chi connectivity index (χ1n) is 11.6. The molecular weight excluding hydrogens is 508 g/mol. The van der Waals surface area contributed by atoms with Crippen LogP contribution in [0.3, 0.4) is 0 Å². The zero-order valence-electron chi connectivity index (χ0n) is 19.8. The second-order valence-corrected chi connectivity index (χ2v) is 8.76. The number of carboxylic acid groups (broad SMARTS) is 1. The van der Waals surface area contributed by atoms with E-state index in [2.05, 4.69) is 15.4 Å². The summed E-state index contributed by atoms with van der Waals surface area (Å²) in [6.07, 6.45) is 0. The van der Waals surface area contributed by atoms with Crippen molar-refractivity contribution in [1.82, 2.24) is 19.9 Å². The van der Waals surface area contributed by atoms with Gasteiger partial charge in [0.15, 0.2) is 17.4 Å². The van der Waals surface area contributed by atoms with Crippen molar-refractivity contribution in [3.05, 3.63) is 102 Å². The van der Waals surface area contributed by atoms with Crippen molar-refractivity contribution in [2.75, 3.05) is 6.61 Å². The average molecular weight is 529 g/mol. The highest BCUT2D eigenvalue weighted by Crippen LogP contribution is 2.30. The van der Waals surface area contributed by atoms with Crippen molar-refractivity contribution in [1.29, 1.82) is 0 Å². The predicted octanol–water partition coefficient (Wildman–Crippen LogP) is 4.68. The second-order valence-electron chi connectivity index (χ2n) is 8.32. The average Bonchev–Trinajstić information content (AvgIpc) is 3.37. The number of benzene rings is 3. The lowest BCUT2D eigenvalue weighted by Gasteiger charge is -2.11. The van der Waals surface area contributed by atoms with Gasteiger partial charge in [-0.25, -0.2) is 14.3 Å². The summed E-state index contributed by atoms with van der Waals surface area (Å²) in [5, 5.41) is 25.7. The molecule has 190 valence electrons. The molecule has 0 radical (unpaired) electrons. The van der Waals surface area contributed by atoms with Gasteiger partial charge in [0.05, 0.1) is 18.0 Å². The van der Waals surface area contributed by atoms with E-state index >= 15 is 0 Å². The van der Waals surface area contributed by atoms with Crippen molar-refractivity contribution in [2.24, 2.45) is 0 Å². The van der Waals surface area contributed by atoms with Gasteiger partial charge in [-0.05, 0) is 54.6 Å². The van der Waals surface area contributed by atoms with E-state index in [0.29, 0.717) is 33.6 Å². The summed E-state index contributed by atoms with van der Waals surface area (Å²) < 4.78 is 7.40. The lowest BCUT2D eigenvalue weighted by Crippen LogP contribution is -2.43. The molecule has 38 heavy (non-hydrogen) atoms. The largest absolute Gasteiger partial charge is 0.480 e. The number of nitrogens with one attached hydrogen (secondary N) is 1. The van der Waals surface area contributed by atoms with Gasteiger partial charge in [-0.15, -0.1) is 0 Å². The SMILES string of the molecule is O=C(N[C@@H](CO)C(=O)O)c1cc2nc(-c3ccc(Cl)cc3)cc(-c3ccc(Oc4ccccc4)cc3)n2n1. The minimum Gasteiger partial charge on any atom is -0.480 e. The highest BCUT2D eigenvalue weighted by molar-refractivity contribution is 6.30. The summed E-state index contributed by atoms with van der Waals surface area (Å²) in [6, 6.07) is 25.8. The molecule has 10 heteroatoms.